The summed E-state index contributed by atoms with van der Waals surface area (Å²) in [5, 5.41) is 0.791. The molecule has 0 saturated carbocycles. The minimum Gasteiger partial charge on any atom is -0.319 e. The Kier molecular flexibility index (Phi) is 3.49. The van der Waals surface area contributed by atoms with Crippen molar-refractivity contribution in [2.45, 2.75) is 19.6 Å². The summed E-state index contributed by atoms with van der Waals surface area (Å²) in [5.74, 6) is 0. The summed E-state index contributed by atoms with van der Waals surface area (Å²) in [6.07, 6.45) is 2.15. The highest BCUT2D eigenvalue weighted by Crippen LogP contribution is 2.26. The highest BCUT2D eigenvalue weighted by molar-refractivity contribution is 6.30. The van der Waals surface area contributed by atoms with Crippen LogP contribution in [0.2, 0.25) is 5.02 Å². The SMILES string of the molecule is Clc1ccc(CN2Cc3ccccc3-n3cccc3C2)cc1. The first-order chi connectivity index (χ1) is 10.8. The summed E-state index contributed by atoms with van der Waals surface area (Å²) in [4.78, 5) is 2.47. The molecule has 2 nitrogen and oxygen atoms in total. The number of rotatable bonds is 2. The molecule has 1 aromatic heterocycles. The van der Waals surface area contributed by atoms with Gasteiger partial charge in [-0.1, -0.05) is 41.9 Å². The average molecular weight is 309 g/mol. The van der Waals surface area contributed by atoms with Gasteiger partial charge in [-0.25, -0.2) is 0 Å². The second-order valence-electron chi connectivity index (χ2n) is 5.77. The Morgan fingerprint density at radius 3 is 2.55 bits per heavy atom. The van der Waals surface area contributed by atoms with Crippen LogP contribution >= 0.6 is 11.6 Å². The van der Waals surface area contributed by atoms with Gasteiger partial charge in [-0.05, 0) is 41.5 Å². The van der Waals surface area contributed by atoms with Gasteiger partial charge in [-0.3, -0.25) is 4.90 Å². The van der Waals surface area contributed by atoms with E-state index >= 15 is 0 Å². The highest BCUT2D eigenvalue weighted by Gasteiger charge is 2.18. The summed E-state index contributed by atoms with van der Waals surface area (Å²) in [7, 11) is 0. The van der Waals surface area contributed by atoms with Crippen LogP contribution in [0.4, 0.5) is 0 Å². The Hall–Kier alpha value is -2.03. The van der Waals surface area contributed by atoms with Crippen LogP contribution in [0.3, 0.4) is 0 Å². The fourth-order valence-electron chi connectivity index (χ4n) is 3.15. The van der Waals surface area contributed by atoms with Crippen molar-refractivity contribution in [1.82, 2.24) is 9.47 Å². The molecule has 0 atom stereocenters. The lowest BCUT2D eigenvalue weighted by Gasteiger charge is -2.20. The quantitative estimate of drug-likeness (QED) is 0.669. The van der Waals surface area contributed by atoms with Gasteiger partial charge in [-0.2, -0.15) is 0 Å². The lowest BCUT2D eigenvalue weighted by atomic mass is 10.1. The molecule has 3 aromatic rings. The number of benzene rings is 2. The number of para-hydroxylation sites is 1. The van der Waals surface area contributed by atoms with Crippen LogP contribution in [0.1, 0.15) is 16.8 Å². The molecule has 0 fully saturated rings. The molecule has 22 heavy (non-hydrogen) atoms. The van der Waals surface area contributed by atoms with Crippen molar-refractivity contribution in [3.8, 4) is 5.69 Å². The van der Waals surface area contributed by atoms with Gasteiger partial charge in [-0.15, -0.1) is 0 Å². The van der Waals surface area contributed by atoms with Gasteiger partial charge in [0.1, 0.15) is 0 Å². The van der Waals surface area contributed by atoms with Gasteiger partial charge >= 0.3 is 0 Å². The maximum atomic E-state index is 5.98. The third-order valence-electron chi connectivity index (χ3n) is 4.18. The summed E-state index contributed by atoms with van der Waals surface area (Å²) < 4.78 is 2.30. The normalized spacial score (nSPS) is 14.2. The van der Waals surface area contributed by atoms with Gasteiger partial charge in [0.05, 0.1) is 0 Å². The molecule has 0 bridgehead atoms. The van der Waals surface area contributed by atoms with E-state index < -0.39 is 0 Å². The molecule has 110 valence electrons. The van der Waals surface area contributed by atoms with Gasteiger partial charge in [0.2, 0.25) is 0 Å². The molecule has 0 radical (unpaired) electrons. The van der Waals surface area contributed by atoms with Gasteiger partial charge < -0.3 is 4.57 Å². The summed E-state index contributed by atoms with van der Waals surface area (Å²) >= 11 is 5.98. The number of hydrogen-bond donors (Lipinski definition) is 0. The molecule has 2 aromatic carbocycles. The second kappa shape index (κ2) is 5.64. The lowest BCUT2D eigenvalue weighted by Crippen LogP contribution is -2.21. The molecular weight excluding hydrogens is 292 g/mol. The fraction of sp³-hybridized carbons (Fsp3) is 0.158. The van der Waals surface area contributed by atoms with E-state index in [-0.39, 0.29) is 0 Å². The van der Waals surface area contributed by atoms with E-state index in [0.29, 0.717) is 0 Å². The first-order valence-corrected chi connectivity index (χ1v) is 7.89. The molecule has 2 heterocycles. The largest absolute Gasteiger partial charge is 0.319 e. The van der Waals surface area contributed by atoms with Crippen LogP contribution in [0.15, 0.2) is 66.9 Å². The molecule has 1 aliphatic heterocycles. The molecule has 0 amide bonds. The minimum atomic E-state index is 0.791. The van der Waals surface area contributed by atoms with Crippen LogP contribution < -0.4 is 0 Å². The zero-order valence-corrected chi connectivity index (χ0v) is 13.0. The lowest BCUT2D eigenvalue weighted by molar-refractivity contribution is 0.248. The van der Waals surface area contributed by atoms with E-state index in [4.69, 9.17) is 11.6 Å². The van der Waals surface area contributed by atoms with Gasteiger partial charge in [0.15, 0.2) is 0 Å². The number of nitrogens with zero attached hydrogens (tertiary/aromatic N) is 2. The number of halogens is 1. The highest BCUT2D eigenvalue weighted by atomic mass is 35.5. The Balaban J connectivity index is 1.68. The second-order valence-corrected chi connectivity index (χ2v) is 6.21. The third kappa shape index (κ3) is 2.56. The first kappa shape index (κ1) is 13.6. The van der Waals surface area contributed by atoms with E-state index in [0.717, 1.165) is 24.7 Å². The molecule has 0 aliphatic carbocycles. The fourth-order valence-corrected chi connectivity index (χ4v) is 3.27. The standard InChI is InChI=1S/C19H17ClN2/c20-17-9-7-15(8-10-17)12-21-13-16-4-1-2-6-19(16)22-11-3-5-18(22)14-21/h1-11H,12-14H2. The molecular formula is C19H17ClN2. The summed E-state index contributed by atoms with van der Waals surface area (Å²) in [6, 6.07) is 21.1. The van der Waals surface area contributed by atoms with Crippen LogP contribution in [-0.2, 0) is 19.6 Å². The van der Waals surface area contributed by atoms with Crippen molar-refractivity contribution in [3.63, 3.8) is 0 Å². The number of aromatic nitrogens is 1. The first-order valence-electron chi connectivity index (χ1n) is 7.51. The van der Waals surface area contributed by atoms with Crippen LogP contribution in [0.5, 0.6) is 0 Å². The van der Waals surface area contributed by atoms with E-state index in [1.807, 2.05) is 12.1 Å². The Morgan fingerprint density at radius 1 is 0.864 bits per heavy atom. The molecule has 0 N–H and O–H groups in total. The van der Waals surface area contributed by atoms with Crippen molar-refractivity contribution >= 4 is 11.6 Å². The van der Waals surface area contributed by atoms with E-state index in [1.165, 1.54) is 22.5 Å². The van der Waals surface area contributed by atoms with Crippen LogP contribution in [0.25, 0.3) is 5.69 Å². The summed E-state index contributed by atoms with van der Waals surface area (Å²) in [5.41, 5.74) is 5.29. The molecule has 0 unspecified atom stereocenters. The van der Waals surface area contributed by atoms with E-state index in [1.54, 1.807) is 0 Å². The third-order valence-corrected chi connectivity index (χ3v) is 4.44. The monoisotopic (exact) mass is 308 g/mol. The Morgan fingerprint density at radius 2 is 1.68 bits per heavy atom. The van der Waals surface area contributed by atoms with Crippen LogP contribution in [-0.4, -0.2) is 9.47 Å². The zero-order valence-electron chi connectivity index (χ0n) is 12.2. The maximum Gasteiger partial charge on any atom is 0.0497 e. The number of hydrogen-bond acceptors (Lipinski definition) is 1. The summed E-state index contributed by atoms with van der Waals surface area (Å²) in [6.45, 7) is 2.83. The predicted octanol–water partition coefficient (Wildman–Crippen LogP) is 4.65. The molecule has 3 heteroatoms. The van der Waals surface area contributed by atoms with Crippen molar-refractivity contribution < 1.29 is 0 Å². The Bertz CT molecular complexity index is 789. The number of fused-ring (bicyclic) bond motifs is 3. The van der Waals surface area contributed by atoms with Gasteiger partial charge in [0, 0.05) is 42.2 Å². The van der Waals surface area contributed by atoms with Gasteiger partial charge in [0.25, 0.3) is 0 Å². The maximum absolute atomic E-state index is 5.98. The molecule has 4 rings (SSSR count). The van der Waals surface area contributed by atoms with Crippen molar-refractivity contribution in [1.29, 1.82) is 0 Å². The minimum absolute atomic E-state index is 0.791. The van der Waals surface area contributed by atoms with Crippen molar-refractivity contribution in [2.24, 2.45) is 0 Å². The topological polar surface area (TPSA) is 8.17 Å². The Labute approximate surface area is 135 Å². The smallest absolute Gasteiger partial charge is 0.0497 e. The van der Waals surface area contributed by atoms with E-state index in [2.05, 4.69) is 64.2 Å². The molecule has 0 spiro atoms. The van der Waals surface area contributed by atoms with Crippen LogP contribution in [0, 0.1) is 0 Å². The average Bonchev–Trinajstić information content (AvgIpc) is 2.92. The predicted molar refractivity (Wildman–Crippen MR) is 90.2 cm³/mol. The van der Waals surface area contributed by atoms with Crippen molar-refractivity contribution in [2.75, 3.05) is 0 Å². The van der Waals surface area contributed by atoms with Crippen molar-refractivity contribution in [3.05, 3.63) is 88.7 Å². The zero-order chi connectivity index (χ0) is 14.9. The molecule has 0 saturated heterocycles. The van der Waals surface area contributed by atoms with E-state index in [9.17, 15) is 0 Å². The molecule has 1 aliphatic rings.